The van der Waals surface area contributed by atoms with Crippen LogP contribution in [0.2, 0.25) is 0 Å². The quantitative estimate of drug-likeness (QED) is 0.555. The fraction of sp³-hybridized carbons (Fsp3) is 0.111. The second kappa shape index (κ2) is 7.23. The van der Waals surface area contributed by atoms with Gasteiger partial charge in [0.2, 0.25) is 10.7 Å². The minimum absolute atomic E-state index is 0.103. The third-order valence-corrected chi connectivity index (χ3v) is 3.85. The fourth-order valence-corrected chi connectivity index (χ4v) is 2.56. The highest BCUT2D eigenvalue weighted by atomic mass is 32.1. The van der Waals surface area contributed by atoms with E-state index >= 15 is 0 Å². The van der Waals surface area contributed by atoms with Gasteiger partial charge < -0.3 is 5.32 Å². The van der Waals surface area contributed by atoms with Gasteiger partial charge in [-0.3, -0.25) is 4.79 Å². The van der Waals surface area contributed by atoms with E-state index in [1.807, 2.05) is 55.5 Å². The van der Waals surface area contributed by atoms with E-state index in [1.54, 1.807) is 10.9 Å². The number of aromatic amines is 1. The summed E-state index contributed by atoms with van der Waals surface area (Å²) in [5.41, 5.74) is 3.68. The number of aryl methyl sites for hydroxylation is 1. The first-order valence-electron chi connectivity index (χ1n) is 7.70. The molecule has 0 fully saturated rings. The zero-order chi connectivity index (χ0) is 17.8. The van der Waals surface area contributed by atoms with Crippen molar-refractivity contribution in [2.45, 2.75) is 13.8 Å². The number of H-pyrrole nitrogens is 1. The third-order valence-electron chi connectivity index (χ3n) is 3.59. The van der Waals surface area contributed by atoms with Crippen molar-refractivity contribution in [3.8, 4) is 11.4 Å². The SMILES string of the molecule is CC(=O)Nc1ccc(/C=N/n2c(-c3ccccc3C)n[nH]c2=S)cc1. The van der Waals surface area contributed by atoms with Crippen LogP contribution in [-0.4, -0.2) is 27.0 Å². The Morgan fingerprint density at radius 3 is 2.64 bits per heavy atom. The van der Waals surface area contributed by atoms with Crippen molar-refractivity contribution in [3.05, 3.63) is 64.4 Å². The van der Waals surface area contributed by atoms with Gasteiger partial charge in [-0.2, -0.15) is 14.9 Å². The van der Waals surface area contributed by atoms with Crippen LogP contribution in [0.3, 0.4) is 0 Å². The van der Waals surface area contributed by atoms with Gasteiger partial charge in [-0.1, -0.05) is 36.4 Å². The third kappa shape index (κ3) is 3.89. The number of amides is 1. The maximum Gasteiger partial charge on any atom is 0.221 e. The molecular formula is C18H17N5OS. The molecule has 0 aliphatic carbocycles. The summed E-state index contributed by atoms with van der Waals surface area (Å²) in [5, 5.41) is 14.3. The molecule has 0 atom stereocenters. The number of anilines is 1. The summed E-state index contributed by atoms with van der Waals surface area (Å²) in [6, 6.07) is 15.3. The fourth-order valence-electron chi connectivity index (χ4n) is 2.38. The van der Waals surface area contributed by atoms with Crippen LogP contribution >= 0.6 is 12.2 Å². The zero-order valence-corrected chi connectivity index (χ0v) is 14.7. The van der Waals surface area contributed by atoms with E-state index in [1.165, 1.54) is 6.92 Å². The molecule has 0 saturated heterocycles. The second-order valence-electron chi connectivity index (χ2n) is 5.53. The molecule has 6 nitrogen and oxygen atoms in total. The molecule has 25 heavy (non-hydrogen) atoms. The van der Waals surface area contributed by atoms with Gasteiger partial charge in [-0.05, 0) is 42.4 Å². The first-order chi connectivity index (χ1) is 12.0. The lowest BCUT2D eigenvalue weighted by atomic mass is 10.1. The first-order valence-corrected chi connectivity index (χ1v) is 8.11. The monoisotopic (exact) mass is 351 g/mol. The molecule has 3 aromatic rings. The predicted molar refractivity (Wildman–Crippen MR) is 101 cm³/mol. The second-order valence-corrected chi connectivity index (χ2v) is 5.91. The van der Waals surface area contributed by atoms with Gasteiger partial charge in [0, 0.05) is 18.2 Å². The van der Waals surface area contributed by atoms with Crippen LogP contribution in [0.25, 0.3) is 11.4 Å². The number of nitrogens with zero attached hydrogens (tertiary/aromatic N) is 3. The lowest BCUT2D eigenvalue weighted by Gasteiger charge is -2.04. The van der Waals surface area contributed by atoms with Crippen LogP contribution in [0.5, 0.6) is 0 Å². The van der Waals surface area contributed by atoms with Gasteiger partial charge in [0.25, 0.3) is 0 Å². The largest absolute Gasteiger partial charge is 0.326 e. The number of aromatic nitrogens is 3. The van der Waals surface area contributed by atoms with Crippen molar-refractivity contribution in [1.29, 1.82) is 0 Å². The highest BCUT2D eigenvalue weighted by Gasteiger charge is 2.09. The van der Waals surface area contributed by atoms with Crippen LogP contribution in [0, 0.1) is 11.7 Å². The van der Waals surface area contributed by atoms with E-state index in [0.717, 1.165) is 22.4 Å². The molecule has 1 heterocycles. The minimum atomic E-state index is -0.103. The van der Waals surface area contributed by atoms with E-state index in [4.69, 9.17) is 12.2 Å². The van der Waals surface area contributed by atoms with Crippen molar-refractivity contribution in [1.82, 2.24) is 14.9 Å². The van der Waals surface area contributed by atoms with Crippen molar-refractivity contribution in [3.63, 3.8) is 0 Å². The molecule has 0 aliphatic heterocycles. The molecule has 0 bridgehead atoms. The first kappa shape index (κ1) is 16.8. The van der Waals surface area contributed by atoms with Gasteiger partial charge in [0.05, 0.1) is 6.21 Å². The maximum absolute atomic E-state index is 11.1. The molecule has 1 amide bonds. The number of hydrogen-bond acceptors (Lipinski definition) is 4. The molecule has 2 aromatic carbocycles. The van der Waals surface area contributed by atoms with Crippen LogP contribution in [-0.2, 0) is 4.79 Å². The molecule has 0 spiro atoms. The summed E-state index contributed by atoms with van der Waals surface area (Å²) in [6.07, 6.45) is 1.70. The summed E-state index contributed by atoms with van der Waals surface area (Å²) in [5.74, 6) is 0.559. The minimum Gasteiger partial charge on any atom is -0.326 e. The van der Waals surface area contributed by atoms with Crippen molar-refractivity contribution in [2.75, 3.05) is 5.32 Å². The van der Waals surface area contributed by atoms with Gasteiger partial charge in [0.1, 0.15) is 0 Å². The zero-order valence-electron chi connectivity index (χ0n) is 13.9. The molecule has 2 N–H and O–H groups in total. The molecule has 126 valence electrons. The van der Waals surface area contributed by atoms with Crippen LogP contribution in [0.4, 0.5) is 5.69 Å². The lowest BCUT2D eigenvalue weighted by Crippen LogP contribution is -2.05. The van der Waals surface area contributed by atoms with Crippen LogP contribution in [0.15, 0.2) is 53.6 Å². The van der Waals surface area contributed by atoms with E-state index < -0.39 is 0 Å². The Kier molecular flexibility index (Phi) is 4.85. The summed E-state index contributed by atoms with van der Waals surface area (Å²) in [4.78, 5) is 11.1. The Hall–Kier alpha value is -3.06. The summed E-state index contributed by atoms with van der Waals surface area (Å²) in [6.45, 7) is 3.49. The number of nitrogens with one attached hydrogen (secondary N) is 2. The van der Waals surface area contributed by atoms with Crippen molar-refractivity contribution >= 4 is 30.0 Å². The van der Waals surface area contributed by atoms with Crippen LogP contribution < -0.4 is 5.32 Å². The average Bonchev–Trinajstić information content (AvgIpc) is 2.95. The van der Waals surface area contributed by atoms with E-state index in [-0.39, 0.29) is 5.91 Å². The standard InChI is InChI=1S/C18H17N5OS/c1-12-5-3-4-6-16(12)17-21-22-18(25)23(17)19-11-14-7-9-15(10-8-14)20-13(2)24/h3-11H,1-2H3,(H,20,24)(H,22,25)/b19-11+. The highest BCUT2D eigenvalue weighted by molar-refractivity contribution is 7.71. The highest BCUT2D eigenvalue weighted by Crippen LogP contribution is 2.21. The van der Waals surface area contributed by atoms with E-state index in [9.17, 15) is 4.79 Å². The Balaban J connectivity index is 1.90. The topological polar surface area (TPSA) is 75.1 Å². The molecule has 7 heteroatoms. The smallest absolute Gasteiger partial charge is 0.221 e. The molecular weight excluding hydrogens is 334 g/mol. The van der Waals surface area contributed by atoms with Gasteiger partial charge in [-0.15, -0.1) is 0 Å². The van der Waals surface area contributed by atoms with Crippen LogP contribution in [0.1, 0.15) is 18.1 Å². The lowest BCUT2D eigenvalue weighted by molar-refractivity contribution is -0.114. The van der Waals surface area contributed by atoms with Crippen molar-refractivity contribution in [2.24, 2.45) is 5.10 Å². The number of benzene rings is 2. The predicted octanol–water partition coefficient (Wildman–Crippen LogP) is 3.76. The summed E-state index contributed by atoms with van der Waals surface area (Å²) in [7, 11) is 0. The van der Waals surface area contributed by atoms with E-state index in [0.29, 0.717) is 10.6 Å². The average molecular weight is 351 g/mol. The Bertz CT molecular complexity index is 985. The van der Waals surface area contributed by atoms with Gasteiger partial charge in [0.15, 0.2) is 5.82 Å². The molecule has 1 aromatic heterocycles. The number of carbonyl (C=O) groups is 1. The molecule has 0 aliphatic rings. The van der Waals surface area contributed by atoms with Gasteiger partial charge in [-0.25, -0.2) is 5.10 Å². The maximum atomic E-state index is 11.1. The number of hydrogen-bond donors (Lipinski definition) is 2. The molecule has 0 radical (unpaired) electrons. The summed E-state index contributed by atoms with van der Waals surface area (Å²) < 4.78 is 2.02. The number of carbonyl (C=O) groups excluding carboxylic acids is 1. The Morgan fingerprint density at radius 2 is 1.96 bits per heavy atom. The normalized spacial score (nSPS) is 11.0. The molecule has 3 rings (SSSR count). The van der Waals surface area contributed by atoms with E-state index in [2.05, 4.69) is 20.6 Å². The summed E-state index contributed by atoms with van der Waals surface area (Å²) >= 11 is 5.28. The Morgan fingerprint density at radius 1 is 1.24 bits per heavy atom. The Labute approximate surface area is 150 Å². The van der Waals surface area contributed by atoms with Crippen molar-refractivity contribution < 1.29 is 4.79 Å². The molecule has 0 unspecified atom stereocenters. The van der Waals surface area contributed by atoms with Gasteiger partial charge >= 0.3 is 0 Å². The molecule has 0 saturated carbocycles. The number of rotatable bonds is 4.